The topological polar surface area (TPSA) is 15.3 Å². The van der Waals surface area contributed by atoms with Crippen molar-refractivity contribution in [1.82, 2.24) is 10.2 Å². The van der Waals surface area contributed by atoms with Crippen LogP contribution in [0.5, 0.6) is 0 Å². The second kappa shape index (κ2) is 5.94. The number of thioether (sulfide) groups is 1. The van der Waals surface area contributed by atoms with E-state index in [1.165, 1.54) is 24.6 Å². The van der Waals surface area contributed by atoms with Gasteiger partial charge in [0.1, 0.15) is 0 Å². The molecule has 3 heteroatoms. The molecule has 0 amide bonds. The van der Waals surface area contributed by atoms with Gasteiger partial charge in [-0.15, -0.1) is 0 Å². The van der Waals surface area contributed by atoms with Crippen LogP contribution in [0.15, 0.2) is 0 Å². The van der Waals surface area contributed by atoms with E-state index in [0.29, 0.717) is 5.41 Å². The van der Waals surface area contributed by atoms with Crippen LogP contribution in [0.2, 0.25) is 0 Å². The first-order valence-corrected chi connectivity index (χ1v) is 7.92. The molecule has 0 bridgehead atoms. The number of nitrogens with zero attached hydrogens (tertiary/aromatic N) is 1. The van der Waals surface area contributed by atoms with Crippen molar-refractivity contribution >= 4 is 11.8 Å². The quantitative estimate of drug-likeness (QED) is 0.835. The minimum absolute atomic E-state index is 0.223. The van der Waals surface area contributed by atoms with Gasteiger partial charge in [0.05, 0.1) is 0 Å². The molecule has 0 radical (unpaired) electrons. The first-order chi connectivity index (χ1) is 7.70. The summed E-state index contributed by atoms with van der Waals surface area (Å²) in [6.07, 6.45) is 0. The van der Waals surface area contributed by atoms with Crippen molar-refractivity contribution in [2.45, 2.75) is 53.1 Å². The Bertz CT molecular complexity index is 233. The Morgan fingerprint density at radius 1 is 1.24 bits per heavy atom. The number of nitrogens with one attached hydrogen (secondary N) is 1. The smallest absolute Gasteiger partial charge is 0.0158 e. The maximum Gasteiger partial charge on any atom is 0.0158 e. The molecule has 0 spiro atoms. The van der Waals surface area contributed by atoms with E-state index >= 15 is 0 Å². The zero-order chi connectivity index (χ0) is 13.1. The van der Waals surface area contributed by atoms with Crippen LogP contribution in [-0.2, 0) is 0 Å². The molecule has 1 aliphatic rings. The normalized spacial score (nSPS) is 24.0. The van der Waals surface area contributed by atoms with Gasteiger partial charge >= 0.3 is 0 Å². The maximum absolute atomic E-state index is 3.63. The second-order valence-electron chi connectivity index (χ2n) is 7.16. The summed E-state index contributed by atoms with van der Waals surface area (Å²) in [6, 6.07) is 0.739. The van der Waals surface area contributed by atoms with Gasteiger partial charge in [0.15, 0.2) is 0 Å². The highest BCUT2D eigenvalue weighted by molar-refractivity contribution is 7.99. The zero-order valence-corrected chi connectivity index (χ0v) is 13.3. The molecule has 1 atom stereocenters. The van der Waals surface area contributed by atoms with Crippen molar-refractivity contribution in [1.29, 1.82) is 0 Å². The number of hydrogen-bond donors (Lipinski definition) is 1. The molecular formula is C14H30N2S. The van der Waals surface area contributed by atoms with E-state index in [4.69, 9.17) is 0 Å². The maximum atomic E-state index is 3.63. The molecular weight excluding hydrogens is 228 g/mol. The van der Waals surface area contributed by atoms with Crippen LogP contribution in [0, 0.1) is 5.41 Å². The van der Waals surface area contributed by atoms with Crippen molar-refractivity contribution in [2.75, 3.05) is 31.1 Å². The lowest BCUT2D eigenvalue weighted by atomic mass is 9.90. The Hall–Kier alpha value is 0.270. The molecule has 1 unspecified atom stereocenters. The molecule has 102 valence electrons. The van der Waals surface area contributed by atoms with Crippen LogP contribution in [0.1, 0.15) is 41.5 Å². The molecule has 1 heterocycles. The summed E-state index contributed by atoms with van der Waals surface area (Å²) < 4.78 is 0. The number of hydrogen-bond acceptors (Lipinski definition) is 3. The van der Waals surface area contributed by atoms with E-state index in [1.54, 1.807) is 0 Å². The molecule has 0 aromatic heterocycles. The van der Waals surface area contributed by atoms with E-state index < -0.39 is 0 Å². The predicted octanol–water partition coefficient (Wildman–Crippen LogP) is 2.84. The Kier molecular flexibility index (Phi) is 5.36. The van der Waals surface area contributed by atoms with Crippen LogP contribution in [0.4, 0.5) is 0 Å². The summed E-state index contributed by atoms with van der Waals surface area (Å²) in [4.78, 5) is 2.65. The Morgan fingerprint density at radius 2 is 1.88 bits per heavy atom. The van der Waals surface area contributed by atoms with E-state index in [9.17, 15) is 0 Å². The summed E-state index contributed by atoms with van der Waals surface area (Å²) in [5, 5.41) is 3.63. The Morgan fingerprint density at radius 3 is 2.41 bits per heavy atom. The molecule has 17 heavy (non-hydrogen) atoms. The summed E-state index contributed by atoms with van der Waals surface area (Å²) in [5.41, 5.74) is 0.574. The van der Waals surface area contributed by atoms with E-state index in [-0.39, 0.29) is 5.54 Å². The molecule has 1 N–H and O–H groups in total. The lowest BCUT2D eigenvalue weighted by molar-refractivity contribution is 0.142. The van der Waals surface area contributed by atoms with Gasteiger partial charge < -0.3 is 5.32 Å². The fraction of sp³-hybridized carbons (Fsp3) is 1.00. The van der Waals surface area contributed by atoms with Crippen molar-refractivity contribution in [3.05, 3.63) is 0 Å². The van der Waals surface area contributed by atoms with Gasteiger partial charge in [-0.1, -0.05) is 13.8 Å². The fourth-order valence-corrected chi connectivity index (χ4v) is 3.19. The van der Waals surface area contributed by atoms with Crippen LogP contribution >= 0.6 is 11.8 Å². The van der Waals surface area contributed by atoms with Gasteiger partial charge in [-0.05, 0) is 33.1 Å². The van der Waals surface area contributed by atoms with Crippen LogP contribution in [0.25, 0.3) is 0 Å². The third-order valence-electron chi connectivity index (χ3n) is 3.23. The van der Waals surface area contributed by atoms with Crippen LogP contribution < -0.4 is 5.32 Å². The van der Waals surface area contributed by atoms with Crippen molar-refractivity contribution in [2.24, 2.45) is 5.41 Å². The molecule has 0 aromatic rings. The van der Waals surface area contributed by atoms with Crippen molar-refractivity contribution in [3.63, 3.8) is 0 Å². The Labute approximate surface area is 112 Å². The molecule has 0 aliphatic carbocycles. The lowest BCUT2D eigenvalue weighted by Crippen LogP contribution is -2.50. The van der Waals surface area contributed by atoms with Gasteiger partial charge in [-0.3, -0.25) is 4.90 Å². The third-order valence-corrected chi connectivity index (χ3v) is 4.42. The summed E-state index contributed by atoms with van der Waals surface area (Å²) >= 11 is 2.09. The molecule has 0 aromatic carbocycles. The molecule has 1 saturated heterocycles. The van der Waals surface area contributed by atoms with E-state index in [1.807, 2.05) is 0 Å². The lowest BCUT2D eigenvalue weighted by Gasteiger charge is -2.40. The standard InChI is InChI=1S/C14H30N2S/c1-12-9-17-8-7-16(12)11-14(5,6)10-15-13(2,3)4/h12,15H,7-11H2,1-6H3. The van der Waals surface area contributed by atoms with Crippen LogP contribution in [0.3, 0.4) is 0 Å². The second-order valence-corrected chi connectivity index (χ2v) is 8.31. The first-order valence-electron chi connectivity index (χ1n) is 6.76. The van der Waals surface area contributed by atoms with Gasteiger partial charge in [-0.2, -0.15) is 11.8 Å². The minimum Gasteiger partial charge on any atom is -0.311 e. The van der Waals surface area contributed by atoms with Gasteiger partial charge in [0, 0.05) is 42.7 Å². The van der Waals surface area contributed by atoms with Gasteiger partial charge in [0.25, 0.3) is 0 Å². The minimum atomic E-state index is 0.223. The van der Waals surface area contributed by atoms with Gasteiger partial charge in [-0.25, -0.2) is 0 Å². The van der Waals surface area contributed by atoms with Crippen LogP contribution in [-0.4, -0.2) is 47.6 Å². The molecule has 1 aliphatic heterocycles. The highest BCUT2D eigenvalue weighted by Gasteiger charge is 2.27. The fourth-order valence-electron chi connectivity index (χ4n) is 2.11. The number of rotatable bonds is 4. The highest BCUT2D eigenvalue weighted by atomic mass is 32.2. The van der Waals surface area contributed by atoms with Gasteiger partial charge in [0.2, 0.25) is 0 Å². The Balaban J connectivity index is 2.41. The van der Waals surface area contributed by atoms with E-state index in [0.717, 1.165) is 12.6 Å². The summed E-state index contributed by atoms with van der Waals surface area (Å²) in [6.45, 7) is 17.4. The largest absolute Gasteiger partial charge is 0.311 e. The predicted molar refractivity (Wildman–Crippen MR) is 79.9 cm³/mol. The third kappa shape index (κ3) is 6.12. The summed E-state index contributed by atoms with van der Waals surface area (Å²) in [7, 11) is 0. The summed E-state index contributed by atoms with van der Waals surface area (Å²) in [5.74, 6) is 2.59. The van der Waals surface area contributed by atoms with Crippen molar-refractivity contribution < 1.29 is 0 Å². The monoisotopic (exact) mass is 258 g/mol. The first kappa shape index (κ1) is 15.3. The van der Waals surface area contributed by atoms with E-state index in [2.05, 4.69) is 63.5 Å². The zero-order valence-electron chi connectivity index (χ0n) is 12.5. The van der Waals surface area contributed by atoms with Crippen molar-refractivity contribution in [3.8, 4) is 0 Å². The average molecular weight is 258 g/mol. The SMILES string of the molecule is CC1CSCCN1CC(C)(C)CNC(C)(C)C. The molecule has 1 fully saturated rings. The highest BCUT2D eigenvalue weighted by Crippen LogP contribution is 2.23. The molecule has 0 saturated carbocycles. The molecule has 1 rings (SSSR count). The average Bonchev–Trinajstić information content (AvgIpc) is 2.18. The molecule has 2 nitrogen and oxygen atoms in total.